The number of carbonyl (C=O) groups is 1. The van der Waals surface area contributed by atoms with Crippen molar-refractivity contribution in [2.75, 3.05) is 24.5 Å². The monoisotopic (exact) mass is 426 g/mol. The highest BCUT2D eigenvalue weighted by Crippen LogP contribution is 2.31. The summed E-state index contributed by atoms with van der Waals surface area (Å²) in [6, 6.07) is 15.3. The van der Waals surface area contributed by atoms with Crippen molar-refractivity contribution in [3.8, 4) is 0 Å². The Morgan fingerprint density at radius 3 is 2.30 bits per heavy atom. The van der Waals surface area contributed by atoms with E-state index in [1.54, 1.807) is 12.1 Å². The van der Waals surface area contributed by atoms with Crippen LogP contribution >= 0.6 is 0 Å². The molecule has 30 heavy (non-hydrogen) atoms. The fourth-order valence-electron chi connectivity index (χ4n) is 4.50. The van der Waals surface area contributed by atoms with Gasteiger partial charge in [-0.3, -0.25) is 4.79 Å². The quantitative estimate of drug-likeness (QED) is 0.737. The summed E-state index contributed by atoms with van der Waals surface area (Å²) < 4.78 is 27.6. The van der Waals surface area contributed by atoms with Crippen LogP contribution in [0.4, 0.5) is 5.69 Å². The normalized spacial score (nSPS) is 18.4. The lowest BCUT2D eigenvalue weighted by molar-refractivity contribution is -0.123. The van der Waals surface area contributed by atoms with E-state index in [1.807, 2.05) is 35.2 Å². The van der Waals surface area contributed by atoms with Gasteiger partial charge in [0.05, 0.1) is 4.90 Å². The average molecular weight is 427 g/mol. The molecule has 0 aromatic heterocycles. The number of nitrogens with zero attached hydrogens (tertiary/aromatic N) is 2. The highest BCUT2D eigenvalue weighted by molar-refractivity contribution is 7.89. The lowest BCUT2D eigenvalue weighted by Crippen LogP contribution is -2.45. The zero-order chi connectivity index (χ0) is 21.3. The zero-order valence-electron chi connectivity index (χ0n) is 17.8. The van der Waals surface area contributed by atoms with Crippen LogP contribution in [0.15, 0.2) is 53.4 Å². The van der Waals surface area contributed by atoms with Gasteiger partial charge < -0.3 is 4.90 Å². The van der Waals surface area contributed by atoms with E-state index in [1.165, 1.54) is 9.87 Å². The number of sulfonamides is 1. The fourth-order valence-corrected chi connectivity index (χ4v) is 5.97. The first-order valence-electron chi connectivity index (χ1n) is 10.9. The van der Waals surface area contributed by atoms with Gasteiger partial charge in [-0.25, -0.2) is 8.42 Å². The Balaban J connectivity index is 1.43. The number of anilines is 1. The van der Waals surface area contributed by atoms with E-state index in [0.29, 0.717) is 36.7 Å². The Morgan fingerprint density at radius 1 is 0.967 bits per heavy atom. The van der Waals surface area contributed by atoms with E-state index in [-0.39, 0.29) is 11.8 Å². The molecule has 0 bridgehead atoms. The predicted octanol–water partition coefficient (Wildman–Crippen LogP) is 4.19. The van der Waals surface area contributed by atoms with E-state index in [9.17, 15) is 13.2 Å². The molecular formula is C24H30N2O3S. The maximum absolute atomic E-state index is 13.2. The predicted molar refractivity (Wildman–Crippen MR) is 119 cm³/mol. The summed E-state index contributed by atoms with van der Waals surface area (Å²) in [4.78, 5) is 15.5. The van der Waals surface area contributed by atoms with Crippen LogP contribution in [-0.4, -0.2) is 38.3 Å². The Hall–Kier alpha value is -2.18. The molecule has 2 aromatic carbocycles. The smallest absolute Gasteiger partial charge is 0.243 e. The van der Waals surface area contributed by atoms with Gasteiger partial charge in [-0.15, -0.1) is 0 Å². The minimum absolute atomic E-state index is 0.120. The second-order valence-corrected chi connectivity index (χ2v) is 10.6. The average Bonchev–Trinajstić information content (AvgIpc) is 2.78. The maximum Gasteiger partial charge on any atom is 0.243 e. The van der Waals surface area contributed by atoms with Crippen molar-refractivity contribution >= 4 is 21.6 Å². The molecule has 1 fully saturated rings. The number of amides is 1. The molecule has 0 saturated carbocycles. The number of aryl methyl sites for hydroxylation is 1. The minimum atomic E-state index is -3.52. The first-order valence-corrected chi connectivity index (χ1v) is 12.3. The second kappa shape index (κ2) is 8.52. The molecule has 4 rings (SSSR count). The molecule has 0 unspecified atom stereocenters. The molecule has 0 atom stereocenters. The maximum atomic E-state index is 13.2. The van der Waals surface area contributed by atoms with Gasteiger partial charge in [-0.2, -0.15) is 4.31 Å². The topological polar surface area (TPSA) is 57.7 Å². The van der Waals surface area contributed by atoms with Gasteiger partial charge in [0.25, 0.3) is 0 Å². The van der Waals surface area contributed by atoms with Gasteiger partial charge in [0.15, 0.2) is 0 Å². The van der Waals surface area contributed by atoms with Crippen molar-refractivity contribution < 1.29 is 13.2 Å². The molecule has 2 aliphatic rings. The van der Waals surface area contributed by atoms with E-state index in [4.69, 9.17) is 0 Å². The molecule has 160 valence electrons. The van der Waals surface area contributed by atoms with Gasteiger partial charge in [-0.1, -0.05) is 44.2 Å². The summed E-state index contributed by atoms with van der Waals surface area (Å²) >= 11 is 0. The molecule has 1 saturated heterocycles. The van der Waals surface area contributed by atoms with Gasteiger partial charge in [0.1, 0.15) is 0 Å². The van der Waals surface area contributed by atoms with Crippen molar-refractivity contribution in [1.82, 2.24) is 4.31 Å². The van der Waals surface area contributed by atoms with Crippen LogP contribution < -0.4 is 4.90 Å². The SMILES string of the molecule is CC(C)c1ccc(S(=O)(=O)N2CCC(C(=O)N3CCCc4ccccc43)CC2)cc1. The molecule has 2 aliphatic heterocycles. The molecule has 0 spiro atoms. The summed E-state index contributed by atoms with van der Waals surface area (Å²) in [5, 5.41) is 0. The molecule has 1 amide bonds. The fraction of sp³-hybridized carbons (Fsp3) is 0.458. The Labute approximate surface area is 179 Å². The second-order valence-electron chi connectivity index (χ2n) is 8.62. The Morgan fingerprint density at radius 2 is 1.63 bits per heavy atom. The van der Waals surface area contributed by atoms with Crippen LogP contribution in [0.25, 0.3) is 0 Å². The van der Waals surface area contributed by atoms with E-state index < -0.39 is 10.0 Å². The lowest BCUT2D eigenvalue weighted by atomic mass is 9.94. The van der Waals surface area contributed by atoms with E-state index in [0.717, 1.165) is 30.6 Å². The standard InChI is InChI=1S/C24H30N2O3S/c1-18(2)19-9-11-22(12-10-19)30(28,29)25-16-13-21(14-17-25)24(27)26-15-5-7-20-6-3-4-8-23(20)26/h3-4,6,8-12,18,21H,5,7,13-17H2,1-2H3. The third-order valence-corrected chi connectivity index (χ3v) is 8.28. The highest BCUT2D eigenvalue weighted by Gasteiger charge is 2.35. The van der Waals surface area contributed by atoms with Crippen LogP contribution in [0.5, 0.6) is 0 Å². The number of fused-ring (bicyclic) bond motifs is 1. The lowest BCUT2D eigenvalue weighted by Gasteiger charge is -2.36. The number of hydrogen-bond acceptors (Lipinski definition) is 3. The van der Waals surface area contributed by atoms with E-state index in [2.05, 4.69) is 19.9 Å². The van der Waals surface area contributed by atoms with Gasteiger partial charge in [0.2, 0.25) is 15.9 Å². The van der Waals surface area contributed by atoms with Crippen molar-refractivity contribution in [2.45, 2.75) is 50.3 Å². The first-order chi connectivity index (χ1) is 14.4. The van der Waals surface area contributed by atoms with Crippen LogP contribution in [0.2, 0.25) is 0 Å². The van der Waals surface area contributed by atoms with E-state index >= 15 is 0 Å². The number of carbonyl (C=O) groups excluding carboxylic acids is 1. The number of piperidine rings is 1. The number of hydrogen-bond donors (Lipinski definition) is 0. The first kappa shape index (κ1) is 21.1. The summed E-state index contributed by atoms with van der Waals surface area (Å²) in [5.74, 6) is 0.384. The van der Waals surface area contributed by atoms with Crippen LogP contribution in [0.3, 0.4) is 0 Å². The van der Waals surface area contributed by atoms with Crippen molar-refractivity contribution in [1.29, 1.82) is 0 Å². The summed E-state index contributed by atoms with van der Waals surface area (Å²) in [7, 11) is -3.52. The number of benzene rings is 2. The van der Waals surface area contributed by atoms with Gasteiger partial charge in [-0.05, 0) is 60.9 Å². The molecule has 0 aliphatic carbocycles. The molecular weight excluding hydrogens is 396 g/mol. The molecule has 0 N–H and O–H groups in total. The Kier molecular flexibility index (Phi) is 5.98. The van der Waals surface area contributed by atoms with Crippen molar-refractivity contribution in [3.05, 3.63) is 59.7 Å². The Bertz CT molecular complexity index is 1010. The molecule has 2 aromatic rings. The van der Waals surface area contributed by atoms with Crippen molar-refractivity contribution in [2.24, 2.45) is 5.92 Å². The molecule has 2 heterocycles. The van der Waals surface area contributed by atoms with Gasteiger partial charge >= 0.3 is 0 Å². The summed E-state index contributed by atoms with van der Waals surface area (Å²) in [6.07, 6.45) is 3.12. The number of rotatable bonds is 4. The van der Waals surface area contributed by atoms with Crippen molar-refractivity contribution in [3.63, 3.8) is 0 Å². The van der Waals surface area contributed by atoms with Crippen LogP contribution in [-0.2, 0) is 21.2 Å². The highest BCUT2D eigenvalue weighted by atomic mass is 32.2. The number of para-hydroxylation sites is 1. The zero-order valence-corrected chi connectivity index (χ0v) is 18.6. The molecule has 6 heteroatoms. The van der Waals surface area contributed by atoms with Crippen LogP contribution in [0.1, 0.15) is 50.2 Å². The minimum Gasteiger partial charge on any atom is -0.312 e. The summed E-state index contributed by atoms with van der Waals surface area (Å²) in [6.45, 7) is 5.70. The molecule has 0 radical (unpaired) electrons. The van der Waals surface area contributed by atoms with Crippen LogP contribution in [0, 0.1) is 5.92 Å². The molecule has 5 nitrogen and oxygen atoms in total. The summed E-state index contributed by atoms with van der Waals surface area (Å²) in [5.41, 5.74) is 3.37. The van der Waals surface area contributed by atoms with Gasteiger partial charge in [0, 0.05) is 31.2 Å². The third kappa shape index (κ3) is 4.03. The largest absolute Gasteiger partial charge is 0.312 e. The third-order valence-electron chi connectivity index (χ3n) is 6.36.